The number of rotatable bonds is 0. The molecule has 88 valence electrons. The van der Waals surface area contributed by atoms with Crippen LogP contribution in [-0.2, 0) is 4.79 Å². The van der Waals surface area contributed by atoms with Crippen molar-refractivity contribution < 1.29 is 9.59 Å². The number of carbonyl (C=O) groups is 2. The van der Waals surface area contributed by atoms with E-state index in [0.29, 0.717) is 22.8 Å². The predicted octanol–water partition coefficient (Wildman–Crippen LogP) is 1.90. The second-order valence-corrected chi connectivity index (χ2v) is 4.72. The molecule has 4 nitrogen and oxygen atoms in total. The van der Waals surface area contributed by atoms with E-state index in [1.807, 2.05) is 0 Å². The van der Waals surface area contributed by atoms with Gasteiger partial charge in [0.15, 0.2) is 0 Å². The van der Waals surface area contributed by atoms with Gasteiger partial charge in [0.05, 0.1) is 16.3 Å². The van der Waals surface area contributed by atoms with Crippen LogP contribution in [0.2, 0.25) is 5.02 Å². The van der Waals surface area contributed by atoms with Crippen LogP contribution in [0.5, 0.6) is 0 Å². The Morgan fingerprint density at radius 1 is 1.35 bits per heavy atom. The van der Waals surface area contributed by atoms with E-state index in [-0.39, 0.29) is 17.9 Å². The molecule has 17 heavy (non-hydrogen) atoms. The van der Waals surface area contributed by atoms with Gasteiger partial charge in [0, 0.05) is 6.54 Å². The molecular formula is C12H11ClN2O2. The van der Waals surface area contributed by atoms with Crippen molar-refractivity contribution in [1.82, 2.24) is 4.90 Å². The number of nitrogens with one attached hydrogen (secondary N) is 1. The molecule has 0 aromatic heterocycles. The van der Waals surface area contributed by atoms with Gasteiger partial charge in [-0.15, -0.1) is 0 Å². The minimum atomic E-state index is -0.342. The largest absolute Gasteiger partial charge is 0.326 e. The molecule has 1 atom stereocenters. The van der Waals surface area contributed by atoms with E-state index in [9.17, 15) is 9.59 Å². The lowest BCUT2D eigenvalue weighted by molar-refractivity contribution is -0.119. The topological polar surface area (TPSA) is 49.4 Å². The molecule has 1 saturated heterocycles. The maximum atomic E-state index is 12.3. The van der Waals surface area contributed by atoms with Crippen molar-refractivity contribution in [3.63, 3.8) is 0 Å². The lowest BCUT2D eigenvalue weighted by Crippen LogP contribution is -2.40. The van der Waals surface area contributed by atoms with Crippen LogP contribution in [-0.4, -0.2) is 29.3 Å². The van der Waals surface area contributed by atoms with Crippen molar-refractivity contribution in [1.29, 1.82) is 0 Å². The summed E-state index contributed by atoms with van der Waals surface area (Å²) in [5.41, 5.74) is 0.925. The summed E-state index contributed by atoms with van der Waals surface area (Å²) in [6, 6.07) is 4.76. The molecule has 5 heteroatoms. The van der Waals surface area contributed by atoms with Crippen molar-refractivity contribution in [2.45, 2.75) is 18.9 Å². The van der Waals surface area contributed by atoms with Gasteiger partial charge >= 0.3 is 0 Å². The quantitative estimate of drug-likeness (QED) is 0.765. The molecular weight excluding hydrogens is 240 g/mol. The fraction of sp³-hybridized carbons (Fsp3) is 0.333. The van der Waals surface area contributed by atoms with Gasteiger partial charge in [-0.3, -0.25) is 9.59 Å². The maximum Gasteiger partial charge on any atom is 0.258 e. The Balaban J connectivity index is 2.16. The standard InChI is InChI=1S/C12H11ClN2O2/c13-7-3-1-4-8-10(7)12(17)15-6-2-5-9(15)11(16)14-8/h1,3-4,9H,2,5-6H2,(H,14,16). The van der Waals surface area contributed by atoms with E-state index in [0.717, 1.165) is 12.8 Å². The van der Waals surface area contributed by atoms with Crippen LogP contribution in [0.25, 0.3) is 0 Å². The third kappa shape index (κ3) is 1.52. The van der Waals surface area contributed by atoms with E-state index in [4.69, 9.17) is 11.6 Å². The lowest BCUT2D eigenvalue weighted by atomic mass is 10.1. The van der Waals surface area contributed by atoms with Crippen LogP contribution in [0.15, 0.2) is 18.2 Å². The Morgan fingerprint density at radius 3 is 3.00 bits per heavy atom. The zero-order chi connectivity index (χ0) is 12.0. The van der Waals surface area contributed by atoms with Crippen molar-refractivity contribution in [3.05, 3.63) is 28.8 Å². The molecule has 2 aliphatic rings. The Bertz CT molecular complexity index is 515. The molecule has 0 aliphatic carbocycles. The Morgan fingerprint density at radius 2 is 2.18 bits per heavy atom. The van der Waals surface area contributed by atoms with E-state index in [2.05, 4.69) is 5.32 Å². The highest BCUT2D eigenvalue weighted by Crippen LogP contribution is 2.32. The van der Waals surface area contributed by atoms with Gasteiger partial charge in [-0.2, -0.15) is 0 Å². The molecule has 0 saturated carbocycles. The first kappa shape index (κ1) is 10.6. The number of halogens is 1. The van der Waals surface area contributed by atoms with Gasteiger partial charge in [0.2, 0.25) is 5.91 Å². The second-order valence-electron chi connectivity index (χ2n) is 4.31. The van der Waals surface area contributed by atoms with E-state index >= 15 is 0 Å². The second kappa shape index (κ2) is 3.74. The van der Waals surface area contributed by atoms with Gasteiger partial charge in [-0.25, -0.2) is 0 Å². The van der Waals surface area contributed by atoms with Crippen molar-refractivity contribution in [3.8, 4) is 0 Å². The number of fused-ring (bicyclic) bond motifs is 2. The molecule has 0 spiro atoms. The van der Waals surface area contributed by atoms with Crippen LogP contribution in [0.3, 0.4) is 0 Å². The fourth-order valence-corrected chi connectivity index (χ4v) is 2.74. The number of benzene rings is 1. The van der Waals surface area contributed by atoms with Crippen LogP contribution in [0, 0.1) is 0 Å². The van der Waals surface area contributed by atoms with E-state index in [1.54, 1.807) is 23.1 Å². The summed E-state index contributed by atoms with van der Waals surface area (Å²) in [7, 11) is 0. The van der Waals surface area contributed by atoms with Gasteiger partial charge in [0.25, 0.3) is 5.91 Å². The summed E-state index contributed by atoms with van der Waals surface area (Å²) >= 11 is 6.05. The first-order valence-corrected chi connectivity index (χ1v) is 5.96. The highest BCUT2D eigenvalue weighted by atomic mass is 35.5. The number of nitrogens with zero attached hydrogens (tertiary/aromatic N) is 1. The molecule has 1 unspecified atom stereocenters. The highest BCUT2D eigenvalue weighted by Gasteiger charge is 2.39. The zero-order valence-electron chi connectivity index (χ0n) is 9.07. The minimum absolute atomic E-state index is 0.114. The molecule has 2 heterocycles. The summed E-state index contributed by atoms with van der Waals surface area (Å²) in [6.07, 6.45) is 1.59. The Kier molecular flexibility index (Phi) is 2.33. The van der Waals surface area contributed by atoms with Gasteiger partial charge < -0.3 is 10.2 Å². The SMILES string of the molecule is O=C1Nc2cccc(Cl)c2C(=O)N2CCCC12. The maximum absolute atomic E-state index is 12.3. The molecule has 1 N–H and O–H groups in total. The van der Waals surface area contributed by atoms with Crippen LogP contribution in [0.4, 0.5) is 5.69 Å². The zero-order valence-corrected chi connectivity index (χ0v) is 9.83. The van der Waals surface area contributed by atoms with Crippen molar-refractivity contribution in [2.24, 2.45) is 0 Å². The number of hydrogen-bond donors (Lipinski definition) is 1. The first-order valence-electron chi connectivity index (χ1n) is 5.59. The molecule has 1 aromatic carbocycles. The predicted molar refractivity (Wildman–Crippen MR) is 64.1 cm³/mol. The third-order valence-corrected chi connectivity index (χ3v) is 3.62. The molecule has 2 amide bonds. The summed E-state index contributed by atoms with van der Waals surface area (Å²) in [4.78, 5) is 25.9. The number of hydrogen-bond acceptors (Lipinski definition) is 2. The average molecular weight is 251 g/mol. The average Bonchev–Trinajstić information content (AvgIpc) is 2.73. The monoisotopic (exact) mass is 250 g/mol. The molecule has 2 aliphatic heterocycles. The van der Waals surface area contributed by atoms with Gasteiger partial charge in [-0.1, -0.05) is 17.7 Å². The first-order chi connectivity index (χ1) is 8.18. The molecule has 1 fully saturated rings. The number of amides is 2. The van der Waals surface area contributed by atoms with Crippen LogP contribution < -0.4 is 5.32 Å². The molecule has 0 radical (unpaired) electrons. The highest BCUT2D eigenvalue weighted by molar-refractivity contribution is 6.35. The fourth-order valence-electron chi connectivity index (χ4n) is 2.49. The lowest BCUT2D eigenvalue weighted by Gasteiger charge is -2.20. The summed E-state index contributed by atoms with van der Waals surface area (Å²) in [5.74, 6) is -0.261. The summed E-state index contributed by atoms with van der Waals surface area (Å²) < 4.78 is 0. The van der Waals surface area contributed by atoms with Gasteiger partial charge in [0.1, 0.15) is 6.04 Å². The van der Waals surface area contributed by atoms with E-state index < -0.39 is 0 Å². The number of anilines is 1. The molecule has 0 bridgehead atoms. The van der Waals surface area contributed by atoms with Crippen molar-refractivity contribution >= 4 is 29.1 Å². The third-order valence-electron chi connectivity index (χ3n) is 3.30. The summed E-state index contributed by atoms with van der Waals surface area (Å²) in [5, 5.41) is 3.17. The van der Waals surface area contributed by atoms with Crippen LogP contribution in [0.1, 0.15) is 23.2 Å². The molecule has 3 rings (SSSR count). The smallest absolute Gasteiger partial charge is 0.258 e. The van der Waals surface area contributed by atoms with E-state index in [1.165, 1.54) is 0 Å². The van der Waals surface area contributed by atoms with Gasteiger partial charge in [-0.05, 0) is 25.0 Å². The minimum Gasteiger partial charge on any atom is -0.326 e. The Labute approximate surface area is 104 Å². The Hall–Kier alpha value is -1.55. The van der Waals surface area contributed by atoms with Crippen LogP contribution >= 0.6 is 11.6 Å². The molecule has 1 aromatic rings. The number of carbonyl (C=O) groups excluding carboxylic acids is 2. The summed E-state index contributed by atoms with van der Waals surface area (Å²) in [6.45, 7) is 0.627. The normalized spacial score (nSPS) is 22.9. The van der Waals surface area contributed by atoms with Crippen molar-refractivity contribution in [2.75, 3.05) is 11.9 Å².